The van der Waals surface area contributed by atoms with Gasteiger partial charge in [-0.25, -0.2) is 0 Å². The third-order valence-corrected chi connectivity index (χ3v) is 4.52. The molecule has 2 nitrogen and oxygen atoms in total. The lowest BCUT2D eigenvalue weighted by atomic mass is 10.0. The lowest BCUT2D eigenvalue weighted by Gasteiger charge is -2.25. The number of aliphatic hydroxyl groups excluding tert-OH is 1. The fourth-order valence-electron chi connectivity index (χ4n) is 1.30. The molecule has 0 unspecified atom stereocenters. The van der Waals surface area contributed by atoms with Crippen molar-refractivity contribution in [1.82, 2.24) is 5.32 Å². The van der Waals surface area contributed by atoms with E-state index < -0.39 is 0 Å². The summed E-state index contributed by atoms with van der Waals surface area (Å²) < 4.78 is 1.18. The van der Waals surface area contributed by atoms with Crippen LogP contribution in [0.15, 0.2) is 10.5 Å². The highest BCUT2D eigenvalue weighted by molar-refractivity contribution is 9.10. The predicted octanol–water partition coefficient (Wildman–Crippen LogP) is 3.07. The Labute approximate surface area is 104 Å². The second kappa shape index (κ2) is 5.43. The van der Waals surface area contributed by atoms with Gasteiger partial charge in [-0.1, -0.05) is 0 Å². The summed E-state index contributed by atoms with van der Waals surface area (Å²) >= 11 is 5.31. The van der Waals surface area contributed by atoms with Crippen molar-refractivity contribution in [2.24, 2.45) is 0 Å². The zero-order valence-electron chi connectivity index (χ0n) is 9.43. The van der Waals surface area contributed by atoms with E-state index in [1.807, 2.05) is 0 Å². The van der Waals surface area contributed by atoms with Crippen LogP contribution in [0.4, 0.5) is 0 Å². The molecule has 1 aromatic heterocycles. The average molecular weight is 292 g/mol. The van der Waals surface area contributed by atoms with Gasteiger partial charge in [0.25, 0.3) is 0 Å². The Balaban J connectivity index is 2.49. The fourth-order valence-corrected chi connectivity index (χ4v) is 2.84. The summed E-state index contributed by atoms with van der Waals surface area (Å²) in [5.74, 6) is 0. The van der Waals surface area contributed by atoms with Gasteiger partial charge >= 0.3 is 0 Å². The molecule has 0 fully saturated rings. The predicted molar refractivity (Wildman–Crippen MR) is 69.4 cm³/mol. The van der Waals surface area contributed by atoms with Gasteiger partial charge in [0.2, 0.25) is 0 Å². The van der Waals surface area contributed by atoms with Crippen LogP contribution in [0.3, 0.4) is 0 Å². The SMILES string of the molecule is Cc1sc(CNC(C)(C)CCO)cc1Br. The minimum absolute atomic E-state index is 0.000872. The molecule has 0 saturated heterocycles. The van der Waals surface area contributed by atoms with Gasteiger partial charge in [0.1, 0.15) is 0 Å². The fraction of sp³-hybridized carbons (Fsp3) is 0.636. The van der Waals surface area contributed by atoms with Crippen molar-refractivity contribution in [3.63, 3.8) is 0 Å². The third-order valence-electron chi connectivity index (χ3n) is 2.39. The number of hydrogen-bond donors (Lipinski definition) is 2. The molecule has 0 saturated carbocycles. The van der Waals surface area contributed by atoms with Gasteiger partial charge in [0.15, 0.2) is 0 Å². The van der Waals surface area contributed by atoms with Crippen molar-refractivity contribution < 1.29 is 5.11 Å². The van der Waals surface area contributed by atoms with Gasteiger partial charge in [0, 0.05) is 32.9 Å². The molecule has 0 bridgehead atoms. The molecule has 1 rings (SSSR count). The summed E-state index contributed by atoms with van der Waals surface area (Å²) in [7, 11) is 0. The summed E-state index contributed by atoms with van der Waals surface area (Å²) in [6.45, 7) is 7.42. The van der Waals surface area contributed by atoms with Gasteiger partial charge < -0.3 is 10.4 Å². The molecular weight excluding hydrogens is 274 g/mol. The van der Waals surface area contributed by atoms with E-state index in [1.165, 1.54) is 14.2 Å². The first-order chi connectivity index (χ1) is 6.94. The summed E-state index contributed by atoms with van der Waals surface area (Å²) in [4.78, 5) is 2.64. The summed E-state index contributed by atoms with van der Waals surface area (Å²) in [6.07, 6.45) is 0.776. The second-order valence-corrected chi connectivity index (χ2v) is 6.52. The molecule has 0 spiro atoms. The molecule has 4 heteroatoms. The monoisotopic (exact) mass is 291 g/mol. The normalized spacial score (nSPS) is 12.1. The largest absolute Gasteiger partial charge is 0.396 e. The Morgan fingerprint density at radius 2 is 2.20 bits per heavy atom. The van der Waals surface area contributed by atoms with Crippen molar-refractivity contribution in [1.29, 1.82) is 0 Å². The van der Waals surface area contributed by atoms with Gasteiger partial charge in [-0.3, -0.25) is 0 Å². The number of nitrogens with one attached hydrogen (secondary N) is 1. The zero-order valence-corrected chi connectivity index (χ0v) is 11.8. The number of halogens is 1. The molecule has 0 aromatic carbocycles. The van der Waals surface area contributed by atoms with Crippen LogP contribution in [-0.4, -0.2) is 17.3 Å². The standard InChI is InChI=1S/C11H18BrNOS/c1-8-10(12)6-9(15-8)7-13-11(2,3)4-5-14/h6,13-14H,4-5,7H2,1-3H3. The first-order valence-corrected chi connectivity index (χ1v) is 6.66. The van der Waals surface area contributed by atoms with E-state index >= 15 is 0 Å². The number of thiophene rings is 1. The second-order valence-electron chi connectivity index (χ2n) is 4.33. The van der Waals surface area contributed by atoms with Crippen LogP contribution in [0.5, 0.6) is 0 Å². The topological polar surface area (TPSA) is 32.3 Å². The van der Waals surface area contributed by atoms with E-state index in [0.29, 0.717) is 0 Å². The molecule has 0 aliphatic heterocycles. The van der Waals surface area contributed by atoms with Crippen LogP contribution in [0, 0.1) is 6.92 Å². The molecule has 0 aliphatic rings. The Morgan fingerprint density at radius 3 is 2.67 bits per heavy atom. The molecule has 2 N–H and O–H groups in total. The molecule has 0 amide bonds. The van der Waals surface area contributed by atoms with Crippen LogP contribution < -0.4 is 5.32 Å². The number of aliphatic hydroxyl groups is 1. The van der Waals surface area contributed by atoms with Crippen LogP contribution in [0.1, 0.15) is 30.0 Å². The van der Waals surface area contributed by atoms with E-state index in [0.717, 1.165) is 13.0 Å². The lowest BCUT2D eigenvalue weighted by Crippen LogP contribution is -2.39. The van der Waals surface area contributed by atoms with E-state index in [2.05, 4.69) is 48.1 Å². The van der Waals surface area contributed by atoms with Crippen LogP contribution in [0.2, 0.25) is 0 Å². The molecule has 1 aromatic rings. The smallest absolute Gasteiger partial charge is 0.0448 e. The Morgan fingerprint density at radius 1 is 1.53 bits per heavy atom. The maximum Gasteiger partial charge on any atom is 0.0448 e. The molecule has 15 heavy (non-hydrogen) atoms. The quantitative estimate of drug-likeness (QED) is 0.874. The van der Waals surface area contributed by atoms with Gasteiger partial charge in [0.05, 0.1) is 0 Å². The Bertz CT molecular complexity index is 303. The van der Waals surface area contributed by atoms with Crippen LogP contribution in [0.25, 0.3) is 0 Å². The van der Waals surface area contributed by atoms with Gasteiger partial charge in [-0.05, 0) is 49.2 Å². The Kier molecular flexibility index (Phi) is 4.77. The summed E-state index contributed by atoms with van der Waals surface area (Å²) in [5, 5.41) is 12.3. The maximum atomic E-state index is 8.90. The average Bonchev–Trinajstić information content (AvgIpc) is 2.44. The van der Waals surface area contributed by atoms with Crippen molar-refractivity contribution in [2.75, 3.05) is 6.61 Å². The highest BCUT2D eigenvalue weighted by atomic mass is 79.9. The van der Waals surface area contributed by atoms with Gasteiger partial charge in [-0.15, -0.1) is 11.3 Å². The summed E-state index contributed by atoms with van der Waals surface area (Å²) in [5.41, 5.74) is -0.000872. The molecule has 86 valence electrons. The van der Waals surface area contributed by atoms with E-state index in [-0.39, 0.29) is 12.1 Å². The third kappa shape index (κ3) is 4.23. The minimum atomic E-state index is -0.000872. The number of rotatable bonds is 5. The van der Waals surface area contributed by atoms with Gasteiger partial charge in [-0.2, -0.15) is 0 Å². The maximum absolute atomic E-state index is 8.90. The molecule has 0 atom stereocenters. The van der Waals surface area contributed by atoms with Crippen LogP contribution >= 0.6 is 27.3 Å². The number of hydrogen-bond acceptors (Lipinski definition) is 3. The molecule has 0 radical (unpaired) electrons. The first kappa shape index (κ1) is 13.2. The van der Waals surface area contributed by atoms with Crippen molar-refractivity contribution in [3.05, 3.63) is 20.3 Å². The highest BCUT2D eigenvalue weighted by Gasteiger charge is 2.16. The first-order valence-electron chi connectivity index (χ1n) is 5.05. The minimum Gasteiger partial charge on any atom is -0.396 e. The summed E-state index contributed by atoms with van der Waals surface area (Å²) in [6, 6.07) is 2.15. The molecule has 0 aliphatic carbocycles. The van der Waals surface area contributed by atoms with Crippen molar-refractivity contribution >= 4 is 27.3 Å². The van der Waals surface area contributed by atoms with E-state index in [4.69, 9.17) is 5.11 Å². The number of aryl methyl sites for hydroxylation is 1. The molecule has 1 heterocycles. The zero-order chi connectivity index (χ0) is 11.5. The van der Waals surface area contributed by atoms with Crippen molar-refractivity contribution in [3.8, 4) is 0 Å². The van der Waals surface area contributed by atoms with E-state index in [1.54, 1.807) is 11.3 Å². The van der Waals surface area contributed by atoms with Crippen molar-refractivity contribution in [2.45, 2.75) is 39.3 Å². The highest BCUT2D eigenvalue weighted by Crippen LogP contribution is 2.26. The Hall–Kier alpha value is 0.100. The molecular formula is C11H18BrNOS. The van der Waals surface area contributed by atoms with Crippen LogP contribution in [-0.2, 0) is 6.54 Å². The van der Waals surface area contributed by atoms with E-state index in [9.17, 15) is 0 Å². The lowest BCUT2D eigenvalue weighted by molar-refractivity contribution is 0.230.